The molecule has 0 amide bonds. The molecule has 130 valence electrons. The van der Waals surface area contributed by atoms with Crippen molar-refractivity contribution in [3.8, 4) is 5.75 Å². The summed E-state index contributed by atoms with van der Waals surface area (Å²) in [6, 6.07) is 13.7. The first-order chi connectivity index (χ1) is 12.1. The molecule has 2 aromatic carbocycles. The molecule has 0 N–H and O–H groups in total. The van der Waals surface area contributed by atoms with Gasteiger partial charge < -0.3 is 4.74 Å². The summed E-state index contributed by atoms with van der Waals surface area (Å²) < 4.78 is 7.49. The first-order valence-corrected chi connectivity index (χ1v) is 8.74. The van der Waals surface area contributed by atoms with Crippen LogP contribution in [0.15, 0.2) is 53.6 Å². The van der Waals surface area contributed by atoms with Crippen molar-refractivity contribution in [2.45, 2.75) is 39.7 Å². The van der Waals surface area contributed by atoms with Crippen LogP contribution in [-0.2, 0) is 6.54 Å². The van der Waals surface area contributed by atoms with E-state index in [1.165, 1.54) is 11.1 Å². The van der Waals surface area contributed by atoms with Gasteiger partial charge in [0.15, 0.2) is 0 Å². The number of benzene rings is 2. The van der Waals surface area contributed by atoms with Crippen LogP contribution in [0.25, 0.3) is 10.9 Å². The third-order valence-corrected chi connectivity index (χ3v) is 4.41. The highest BCUT2D eigenvalue weighted by molar-refractivity contribution is 5.76. The van der Waals surface area contributed by atoms with Gasteiger partial charge in [-0.15, -0.1) is 0 Å². The van der Waals surface area contributed by atoms with Crippen LogP contribution in [0.1, 0.15) is 37.3 Å². The van der Waals surface area contributed by atoms with Crippen molar-refractivity contribution in [3.63, 3.8) is 0 Å². The predicted octanol–water partition coefficient (Wildman–Crippen LogP) is 4.30. The standard InChI is InChI=1S/C21H24N2O2/c1-15(2)18-10-9-17(13-16(18)3)25-12-6-11-23-14-22-20-8-5-4-7-19(20)21(23)24/h4-5,7-10,13-15H,6,11-12H2,1-3H3. The number of nitrogens with zero attached hydrogens (tertiary/aromatic N) is 2. The van der Waals surface area contributed by atoms with Crippen LogP contribution in [0.3, 0.4) is 0 Å². The van der Waals surface area contributed by atoms with Gasteiger partial charge in [0.1, 0.15) is 5.75 Å². The van der Waals surface area contributed by atoms with Crippen LogP contribution in [-0.4, -0.2) is 16.2 Å². The van der Waals surface area contributed by atoms with Gasteiger partial charge in [0.05, 0.1) is 23.8 Å². The van der Waals surface area contributed by atoms with Crippen molar-refractivity contribution in [2.24, 2.45) is 0 Å². The molecule has 3 aromatic rings. The Hall–Kier alpha value is -2.62. The molecule has 1 aromatic heterocycles. The second-order valence-corrected chi connectivity index (χ2v) is 6.64. The lowest BCUT2D eigenvalue weighted by molar-refractivity contribution is 0.300. The minimum Gasteiger partial charge on any atom is -0.494 e. The normalized spacial score (nSPS) is 11.2. The number of fused-ring (bicyclic) bond motifs is 1. The van der Waals surface area contributed by atoms with Crippen LogP contribution in [0, 0.1) is 6.92 Å². The van der Waals surface area contributed by atoms with Crippen LogP contribution in [0.5, 0.6) is 5.75 Å². The van der Waals surface area contributed by atoms with Gasteiger partial charge in [0.25, 0.3) is 5.56 Å². The topological polar surface area (TPSA) is 44.1 Å². The molecule has 0 aliphatic rings. The molecule has 0 spiro atoms. The number of ether oxygens (including phenoxy) is 1. The van der Waals surface area contributed by atoms with Crippen molar-refractivity contribution in [3.05, 3.63) is 70.3 Å². The number of hydrogen-bond acceptors (Lipinski definition) is 3. The van der Waals surface area contributed by atoms with Gasteiger partial charge in [-0.05, 0) is 54.7 Å². The van der Waals surface area contributed by atoms with Crippen LogP contribution >= 0.6 is 0 Å². The van der Waals surface area contributed by atoms with E-state index >= 15 is 0 Å². The Morgan fingerprint density at radius 1 is 1.16 bits per heavy atom. The SMILES string of the molecule is Cc1cc(OCCCn2cnc3ccccc3c2=O)ccc1C(C)C. The molecule has 4 nitrogen and oxygen atoms in total. The van der Waals surface area contributed by atoms with Gasteiger partial charge in [-0.2, -0.15) is 0 Å². The molecule has 0 radical (unpaired) electrons. The van der Waals surface area contributed by atoms with Crippen LogP contribution < -0.4 is 10.3 Å². The average molecular weight is 336 g/mol. The summed E-state index contributed by atoms with van der Waals surface area (Å²) in [5.74, 6) is 1.40. The van der Waals surface area contributed by atoms with E-state index in [4.69, 9.17) is 4.74 Å². The van der Waals surface area contributed by atoms with Gasteiger partial charge in [0, 0.05) is 6.54 Å². The maximum absolute atomic E-state index is 12.4. The lowest BCUT2D eigenvalue weighted by atomic mass is 9.98. The molecule has 0 saturated heterocycles. The lowest BCUT2D eigenvalue weighted by Crippen LogP contribution is -2.21. The lowest BCUT2D eigenvalue weighted by Gasteiger charge is -2.13. The first kappa shape index (κ1) is 17.2. The van der Waals surface area contributed by atoms with Gasteiger partial charge in [-0.25, -0.2) is 4.98 Å². The Morgan fingerprint density at radius 3 is 2.72 bits per heavy atom. The molecule has 25 heavy (non-hydrogen) atoms. The summed E-state index contributed by atoms with van der Waals surface area (Å²) in [5, 5.41) is 0.658. The third kappa shape index (κ3) is 3.90. The molecular weight excluding hydrogens is 312 g/mol. The van der Waals surface area contributed by atoms with E-state index in [-0.39, 0.29) is 5.56 Å². The number of hydrogen-bond donors (Lipinski definition) is 0. The van der Waals surface area contributed by atoms with E-state index in [2.05, 4.69) is 37.9 Å². The zero-order valence-corrected chi connectivity index (χ0v) is 15.0. The minimum absolute atomic E-state index is 0.00253. The molecule has 1 heterocycles. The molecule has 0 atom stereocenters. The summed E-state index contributed by atoms with van der Waals surface area (Å²) >= 11 is 0. The van der Waals surface area contributed by atoms with E-state index in [1.807, 2.05) is 30.3 Å². The molecule has 0 aliphatic heterocycles. The van der Waals surface area contributed by atoms with E-state index in [0.29, 0.717) is 24.5 Å². The molecule has 0 fully saturated rings. The van der Waals surface area contributed by atoms with Crippen molar-refractivity contribution >= 4 is 10.9 Å². The third-order valence-electron chi connectivity index (χ3n) is 4.41. The summed E-state index contributed by atoms with van der Waals surface area (Å²) in [6.45, 7) is 7.67. The fraction of sp³-hybridized carbons (Fsp3) is 0.333. The summed E-state index contributed by atoms with van der Waals surface area (Å²) in [7, 11) is 0. The maximum atomic E-state index is 12.4. The van der Waals surface area contributed by atoms with Gasteiger partial charge in [0.2, 0.25) is 0 Å². The van der Waals surface area contributed by atoms with E-state index in [1.54, 1.807) is 10.9 Å². The summed E-state index contributed by atoms with van der Waals surface area (Å²) in [4.78, 5) is 16.8. The zero-order chi connectivity index (χ0) is 17.8. The Labute approximate surface area is 148 Å². The van der Waals surface area contributed by atoms with E-state index < -0.39 is 0 Å². The Kier molecular flexibility index (Phi) is 5.17. The first-order valence-electron chi connectivity index (χ1n) is 8.74. The van der Waals surface area contributed by atoms with Crippen molar-refractivity contribution < 1.29 is 4.74 Å². The fourth-order valence-corrected chi connectivity index (χ4v) is 3.08. The quantitative estimate of drug-likeness (QED) is 0.631. The van der Waals surface area contributed by atoms with E-state index in [9.17, 15) is 4.79 Å². The highest BCUT2D eigenvalue weighted by atomic mass is 16.5. The van der Waals surface area contributed by atoms with Crippen molar-refractivity contribution in [1.82, 2.24) is 9.55 Å². The maximum Gasteiger partial charge on any atom is 0.261 e. The molecule has 4 heteroatoms. The van der Waals surface area contributed by atoms with Crippen LogP contribution in [0.2, 0.25) is 0 Å². The van der Waals surface area contributed by atoms with Gasteiger partial charge >= 0.3 is 0 Å². The number of aromatic nitrogens is 2. The zero-order valence-electron chi connectivity index (χ0n) is 15.0. The van der Waals surface area contributed by atoms with Gasteiger partial charge in [-0.3, -0.25) is 9.36 Å². The Balaban J connectivity index is 1.60. The number of para-hydroxylation sites is 1. The fourth-order valence-electron chi connectivity index (χ4n) is 3.08. The second kappa shape index (κ2) is 7.51. The minimum atomic E-state index is 0.00253. The van der Waals surface area contributed by atoms with Gasteiger partial charge in [-0.1, -0.05) is 32.0 Å². The van der Waals surface area contributed by atoms with E-state index in [0.717, 1.165) is 17.7 Å². The Morgan fingerprint density at radius 2 is 1.96 bits per heavy atom. The average Bonchev–Trinajstić information content (AvgIpc) is 2.60. The predicted molar refractivity (Wildman–Crippen MR) is 101 cm³/mol. The van der Waals surface area contributed by atoms with Crippen molar-refractivity contribution in [1.29, 1.82) is 0 Å². The van der Waals surface area contributed by atoms with Crippen LogP contribution in [0.4, 0.5) is 0 Å². The highest BCUT2D eigenvalue weighted by Crippen LogP contribution is 2.23. The molecular formula is C21H24N2O2. The summed E-state index contributed by atoms with van der Waals surface area (Å²) in [6.07, 6.45) is 2.37. The molecule has 3 rings (SSSR count). The molecule has 0 aliphatic carbocycles. The highest BCUT2D eigenvalue weighted by Gasteiger charge is 2.06. The summed E-state index contributed by atoms with van der Waals surface area (Å²) in [5.41, 5.74) is 3.34. The molecule has 0 unspecified atom stereocenters. The monoisotopic (exact) mass is 336 g/mol. The van der Waals surface area contributed by atoms with Crippen molar-refractivity contribution in [2.75, 3.05) is 6.61 Å². The second-order valence-electron chi connectivity index (χ2n) is 6.64. The smallest absolute Gasteiger partial charge is 0.261 e. The molecule has 0 bridgehead atoms. The number of rotatable bonds is 6. The largest absolute Gasteiger partial charge is 0.494 e. The number of aryl methyl sites for hydroxylation is 2. The Bertz CT molecular complexity index is 929. The molecule has 0 saturated carbocycles.